The van der Waals surface area contributed by atoms with E-state index >= 15 is 0 Å². The Hall–Kier alpha value is -1.27. The number of halogens is 1. The van der Waals surface area contributed by atoms with Crippen LogP contribution in [0.4, 0.5) is 4.39 Å². The van der Waals surface area contributed by atoms with E-state index in [0.717, 1.165) is 36.1 Å². The lowest BCUT2D eigenvalue weighted by molar-refractivity contribution is 0.197. The van der Waals surface area contributed by atoms with Gasteiger partial charge < -0.3 is 15.5 Å². The molecule has 0 radical (unpaired) electrons. The summed E-state index contributed by atoms with van der Waals surface area (Å²) in [7, 11) is 5.93. The number of thioether (sulfide) groups is 1. The van der Waals surface area contributed by atoms with E-state index < -0.39 is 0 Å². The quantitative estimate of drug-likeness (QED) is 0.330. The third kappa shape index (κ3) is 7.70. The molecule has 6 heteroatoms. The number of likely N-dealkylation sites (N-methyl/N-ethyl adjacent to an activating group) is 1. The second-order valence-electron chi connectivity index (χ2n) is 6.22. The van der Waals surface area contributed by atoms with Crippen LogP contribution in [0.5, 0.6) is 0 Å². The minimum atomic E-state index is -0.188. The molecule has 0 heterocycles. The normalized spacial score (nSPS) is 12.6. The highest BCUT2D eigenvalue weighted by Gasteiger charge is 2.20. The van der Waals surface area contributed by atoms with Crippen molar-refractivity contribution in [3.63, 3.8) is 0 Å². The second kappa shape index (κ2) is 9.78. The SMILES string of the molecule is CN=C(NCCCSc1ccc(F)cc1)NCC(C)(C)N(C)C. The Morgan fingerprint density at radius 3 is 2.43 bits per heavy atom. The van der Waals surface area contributed by atoms with Crippen LogP contribution in [0.3, 0.4) is 0 Å². The van der Waals surface area contributed by atoms with Gasteiger partial charge in [0, 0.05) is 30.6 Å². The summed E-state index contributed by atoms with van der Waals surface area (Å²) in [5.41, 5.74) is 0.0655. The van der Waals surface area contributed by atoms with Crippen molar-refractivity contribution < 1.29 is 4.39 Å². The van der Waals surface area contributed by atoms with Gasteiger partial charge in [0.1, 0.15) is 5.82 Å². The monoisotopic (exact) mass is 340 g/mol. The number of nitrogens with one attached hydrogen (secondary N) is 2. The fourth-order valence-electron chi connectivity index (χ4n) is 1.68. The van der Waals surface area contributed by atoms with Gasteiger partial charge in [-0.1, -0.05) is 0 Å². The van der Waals surface area contributed by atoms with Crippen LogP contribution in [0.1, 0.15) is 20.3 Å². The summed E-state index contributed by atoms with van der Waals surface area (Å²) >= 11 is 1.74. The van der Waals surface area contributed by atoms with Gasteiger partial charge in [-0.25, -0.2) is 4.39 Å². The molecule has 0 aliphatic heterocycles. The highest BCUT2D eigenvalue weighted by atomic mass is 32.2. The van der Waals surface area contributed by atoms with Gasteiger partial charge >= 0.3 is 0 Å². The first-order chi connectivity index (χ1) is 10.8. The highest BCUT2D eigenvalue weighted by Crippen LogP contribution is 2.18. The molecule has 0 spiro atoms. The lowest BCUT2D eigenvalue weighted by atomic mass is 10.0. The molecule has 0 fully saturated rings. The fraction of sp³-hybridized carbons (Fsp3) is 0.588. The Labute approximate surface area is 143 Å². The number of aliphatic imine (C=N–C) groups is 1. The fourth-order valence-corrected chi connectivity index (χ4v) is 2.53. The van der Waals surface area contributed by atoms with Gasteiger partial charge in [0.25, 0.3) is 0 Å². The van der Waals surface area contributed by atoms with E-state index in [0.29, 0.717) is 0 Å². The summed E-state index contributed by atoms with van der Waals surface area (Å²) in [6.45, 7) is 6.06. The molecule has 0 unspecified atom stereocenters. The van der Waals surface area contributed by atoms with E-state index in [1.54, 1.807) is 18.8 Å². The first-order valence-electron chi connectivity index (χ1n) is 7.85. The van der Waals surface area contributed by atoms with E-state index in [1.165, 1.54) is 12.1 Å². The Kier molecular flexibility index (Phi) is 8.41. The number of benzene rings is 1. The number of hydrogen-bond acceptors (Lipinski definition) is 3. The number of guanidine groups is 1. The van der Waals surface area contributed by atoms with Crippen LogP contribution >= 0.6 is 11.8 Å². The van der Waals surface area contributed by atoms with E-state index in [-0.39, 0.29) is 11.4 Å². The Balaban J connectivity index is 2.21. The van der Waals surface area contributed by atoms with Crippen molar-refractivity contribution >= 4 is 17.7 Å². The first kappa shape index (κ1) is 19.8. The van der Waals surface area contributed by atoms with Gasteiger partial charge in [-0.05, 0) is 64.4 Å². The van der Waals surface area contributed by atoms with Crippen molar-refractivity contribution in [2.24, 2.45) is 4.99 Å². The highest BCUT2D eigenvalue weighted by molar-refractivity contribution is 7.99. The van der Waals surface area contributed by atoms with Crippen LogP contribution in [0.2, 0.25) is 0 Å². The molecule has 0 amide bonds. The molecule has 0 aromatic heterocycles. The average Bonchev–Trinajstić information content (AvgIpc) is 2.51. The minimum Gasteiger partial charge on any atom is -0.356 e. The lowest BCUT2D eigenvalue weighted by Crippen LogP contribution is -2.50. The molecule has 0 saturated carbocycles. The van der Waals surface area contributed by atoms with Crippen LogP contribution in [0.15, 0.2) is 34.2 Å². The summed E-state index contributed by atoms with van der Waals surface area (Å²) in [6.07, 6.45) is 1.01. The predicted octanol–water partition coefficient (Wildman–Crippen LogP) is 2.81. The van der Waals surface area contributed by atoms with Gasteiger partial charge in [0.2, 0.25) is 0 Å². The van der Waals surface area contributed by atoms with E-state index in [4.69, 9.17) is 0 Å². The molecule has 1 aromatic rings. The van der Waals surface area contributed by atoms with E-state index in [2.05, 4.69) is 48.5 Å². The lowest BCUT2D eigenvalue weighted by Gasteiger charge is -2.33. The van der Waals surface area contributed by atoms with Crippen molar-refractivity contribution in [2.75, 3.05) is 40.0 Å². The number of hydrogen-bond donors (Lipinski definition) is 2. The van der Waals surface area contributed by atoms with Gasteiger partial charge in [-0.3, -0.25) is 4.99 Å². The summed E-state index contributed by atoms with van der Waals surface area (Å²) in [5, 5.41) is 6.68. The molecule has 1 rings (SSSR count). The van der Waals surface area contributed by atoms with Gasteiger partial charge in [0.15, 0.2) is 5.96 Å². The molecule has 0 bridgehead atoms. The molecular weight excluding hydrogens is 311 g/mol. The van der Waals surface area contributed by atoms with E-state index in [9.17, 15) is 4.39 Å². The van der Waals surface area contributed by atoms with E-state index in [1.807, 2.05) is 12.1 Å². The molecule has 0 saturated heterocycles. The smallest absolute Gasteiger partial charge is 0.191 e. The molecule has 0 aliphatic carbocycles. The van der Waals surface area contributed by atoms with Crippen molar-refractivity contribution in [3.05, 3.63) is 30.1 Å². The molecule has 0 aliphatic rings. The van der Waals surface area contributed by atoms with Gasteiger partial charge in [0.05, 0.1) is 0 Å². The Bertz CT molecular complexity index is 486. The second-order valence-corrected chi connectivity index (χ2v) is 7.38. The van der Waals surface area contributed by atoms with Crippen molar-refractivity contribution in [1.29, 1.82) is 0 Å². The molecule has 130 valence electrons. The van der Waals surface area contributed by atoms with Crippen LogP contribution in [-0.2, 0) is 0 Å². The van der Waals surface area contributed by atoms with Crippen molar-refractivity contribution in [1.82, 2.24) is 15.5 Å². The maximum atomic E-state index is 12.8. The maximum absolute atomic E-state index is 12.8. The molecule has 1 aromatic carbocycles. The number of nitrogens with zero attached hydrogens (tertiary/aromatic N) is 2. The summed E-state index contributed by atoms with van der Waals surface area (Å²) in [4.78, 5) is 7.53. The summed E-state index contributed by atoms with van der Waals surface area (Å²) in [6, 6.07) is 6.63. The molecule has 0 atom stereocenters. The third-order valence-corrected chi connectivity index (χ3v) is 4.92. The van der Waals surface area contributed by atoms with Crippen LogP contribution in [0, 0.1) is 5.82 Å². The Morgan fingerprint density at radius 1 is 1.22 bits per heavy atom. The van der Waals surface area contributed by atoms with Gasteiger partial charge in [-0.2, -0.15) is 0 Å². The van der Waals surface area contributed by atoms with Gasteiger partial charge in [-0.15, -0.1) is 11.8 Å². The Morgan fingerprint density at radius 2 is 1.87 bits per heavy atom. The zero-order valence-electron chi connectivity index (χ0n) is 14.8. The average molecular weight is 341 g/mol. The topological polar surface area (TPSA) is 39.7 Å². The van der Waals surface area contributed by atoms with Crippen LogP contribution < -0.4 is 10.6 Å². The predicted molar refractivity (Wildman–Crippen MR) is 98.9 cm³/mol. The molecular formula is C17H29FN4S. The van der Waals surface area contributed by atoms with Crippen molar-refractivity contribution in [2.45, 2.75) is 30.7 Å². The molecule has 2 N–H and O–H groups in total. The van der Waals surface area contributed by atoms with Crippen LogP contribution in [0.25, 0.3) is 0 Å². The van der Waals surface area contributed by atoms with Crippen LogP contribution in [-0.4, -0.2) is 56.4 Å². The third-order valence-electron chi connectivity index (χ3n) is 3.82. The largest absolute Gasteiger partial charge is 0.356 e. The maximum Gasteiger partial charge on any atom is 0.191 e. The summed E-state index contributed by atoms with van der Waals surface area (Å²) < 4.78 is 12.8. The minimum absolute atomic E-state index is 0.0655. The van der Waals surface area contributed by atoms with Crippen molar-refractivity contribution in [3.8, 4) is 0 Å². The zero-order chi connectivity index (χ0) is 17.3. The molecule has 4 nitrogen and oxygen atoms in total. The summed E-state index contributed by atoms with van der Waals surface area (Å²) in [5.74, 6) is 1.62. The standard InChI is InChI=1S/C17H29FN4S/c1-17(2,22(4)5)13-21-16(19-3)20-11-6-12-23-15-9-7-14(18)8-10-15/h7-10H,6,11-13H2,1-5H3,(H2,19,20,21). The molecule has 23 heavy (non-hydrogen) atoms. The zero-order valence-corrected chi connectivity index (χ0v) is 15.6. The first-order valence-corrected chi connectivity index (χ1v) is 8.84. The number of rotatable bonds is 8.